The summed E-state index contributed by atoms with van der Waals surface area (Å²) in [5, 5.41) is 3.42. The maximum atomic E-state index is 3.94. The first-order valence-electron chi connectivity index (χ1n) is 7.77. The molecule has 0 unspecified atom stereocenters. The van der Waals surface area contributed by atoms with Gasteiger partial charge in [0.15, 0.2) is 0 Å². The molecule has 0 aromatic heterocycles. The number of nitrogens with one attached hydrogen (secondary N) is 1. The predicted octanol–water partition coefficient (Wildman–Crippen LogP) is 6.01. The summed E-state index contributed by atoms with van der Waals surface area (Å²) in [7, 11) is 0. The average molecular weight is 315 g/mol. The number of hydrogen-bond acceptors (Lipinski definition) is 1. The van der Waals surface area contributed by atoms with Gasteiger partial charge in [-0.3, -0.25) is 0 Å². The van der Waals surface area contributed by atoms with E-state index in [4.69, 9.17) is 0 Å². The van der Waals surface area contributed by atoms with Gasteiger partial charge in [0.2, 0.25) is 0 Å². The van der Waals surface area contributed by atoms with Gasteiger partial charge in [-0.25, -0.2) is 0 Å². The van der Waals surface area contributed by atoms with Crippen LogP contribution >= 0.6 is 0 Å². The average Bonchev–Trinajstić information content (AvgIpc) is 2.72. The summed E-state index contributed by atoms with van der Waals surface area (Å²) in [6, 6.07) is 0. The highest BCUT2D eigenvalue weighted by molar-refractivity contribution is 5.68. The van der Waals surface area contributed by atoms with Crippen molar-refractivity contribution in [2.45, 2.75) is 6.92 Å². The molecule has 1 heterocycles. The molecule has 24 heavy (non-hydrogen) atoms. The fourth-order valence-electron chi connectivity index (χ4n) is 2.48. The van der Waals surface area contributed by atoms with Crippen LogP contribution in [0.1, 0.15) is 6.92 Å². The molecule has 0 bridgehead atoms. The van der Waals surface area contributed by atoms with Gasteiger partial charge in [0.1, 0.15) is 0 Å². The largest absolute Gasteiger partial charge is 0.355 e. The number of rotatable bonds is 7. The van der Waals surface area contributed by atoms with Crippen LogP contribution in [0.4, 0.5) is 0 Å². The Balaban J connectivity index is 3.84. The molecule has 0 radical (unpaired) electrons. The van der Waals surface area contributed by atoms with Gasteiger partial charge in [-0.2, -0.15) is 0 Å². The second kappa shape index (κ2) is 9.86. The first-order valence-corrected chi connectivity index (χ1v) is 7.77. The molecule has 0 atom stereocenters. The molecule has 0 saturated carbocycles. The van der Waals surface area contributed by atoms with Crippen molar-refractivity contribution in [1.82, 2.24) is 5.32 Å². The first-order chi connectivity index (χ1) is 11.7. The Morgan fingerprint density at radius 1 is 0.708 bits per heavy atom. The van der Waals surface area contributed by atoms with Crippen LogP contribution < -0.4 is 5.32 Å². The van der Waals surface area contributed by atoms with Crippen LogP contribution in [0.25, 0.3) is 0 Å². The topological polar surface area (TPSA) is 12.0 Å². The van der Waals surface area contributed by atoms with Crippen molar-refractivity contribution in [3.8, 4) is 0 Å². The van der Waals surface area contributed by atoms with E-state index in [2.05, 4.69) is 44.3 Å². The van der Waals surface area contributed by atoms with Crippen molar-refractivity contribution in [3.05, 3.63) is 133 Å². The summed E-state index contributed by atoms with van der Waals surface area (Å²) in [5.41, 5.74) is 5.98. The summed E-state index contributed by atoms with van der Waals surface area (Å²) < 4.78 is 0. The summed E-state index contributed by atoms with van der Waals surface area (Å²) in [5.74, 6) is 0. The molecule has 1 N–H and O–H groups in total. The van der Waals surface area contributed by atoms with Crippen LogP contribution in [0.5, 0.6) is 0 Å². The van der Waals surface area contributed by atoms with Crippen molar-refractivity contribution < 1.29 is 0 Å². The van der Waals surface area contributed by atoms with Crippen molar-refractivity contribution >= 4 is 0 Å². The van der Waals surface area contributed by atoms with Gasteiger partial charge in [-0.05, 0) is 30.2 Å². The smallest absolute Gasteiger partial charge is 0.0458 e. The molecule has 1 aliphatic heterocycles. The Bertz CT molecular complexity index is 728. The standard InChI is InChI=1S/C23H25N/c1-7-13-16-20-18(10-4)19(15-9-3)21(17-14-8-2)23(12-6)24-22(20)11-5/h7-17,24H,1-3,5-6H2,4H3/b16-13-,17-14-,18-10+,19-15+. The molecule has 0 spiro atoms. The van der Waals surface area contributed by atoms with E-state index >= 15 is 0 Å². The van der Waals surface area contributed by atoms with Crippen LogP contribution in [-0.4, -0.2) is 0 Å². The minimum atomic E-state index is 0.900. The minimum Gasteiger partial charge on any atom is -0.355 e. The van der Waals surface area contributed by atoms with E-state index < -0.39 is 0 Å². The summed E-state index contributed by atoms with van der Waals surface area (Å²) >= 11 is 0. The van der Waals surface area contributed by atoms with Crippen LogP contribution in [-0.2, 0) is 0 Å². The van der Waals surface area contributed by atoms with Gasteiger partial charge in [-0.15, -0.1) is 0 Å². The maximum Gasteiger partial charge on any atom is 0.0458 e. The van der Waals surface area contributed by atoms with Gasteiger partial charge < -0.3 is 5.32 Å². The van der Waals surface area contributed by atoms with Crippen LogP contribution in [0.15, 0.2) is 133 Å². The van der Waals surface area contributed by atoms with Gasteiger partial charge in [0.25, 0.3) is 0 Å². The van der Waals surface area contributed by atoms with E-state index in [1.165, 1.54) is 0 Å². The second-order valence-electron chi connectivity index (χ2n) is 4.90. The molecule has 0 saturated heterocycles. The van der Waals surface area contributed by atoms with Crippen molar-refractivity contribution in [1.29, 1.82) is 0 Å². The lowest BCUT2D eigenvalue weighted by Crippen LogP contribution is -2.11. The maximum absolute atomic E-state index is 3.94. The zero-order valence-corrected chi connectivity index (χ0v) is 14.4. The Morgan fingerprint density at radius 3 is 1.58 bits per heavy atom. The lowest BCUT2D eigenvalue weighted by molar-refractivity contribution is 1.03. The molecule has 1 rings (SSSR count). The van der Waals surface area contributed by atoms with E-state index in [0.29, 0.717) is 0 Å². The number of hydrogen-bond donors (Lipinski definition) is 1. The predicted molar refractivity (Wildman–Crippen MR) is 108 cm³/mol. The molecule has 122 valence electrons. The Kier molecular flexibility index (Phi) is 7.80. The molecule has 1 nitrogen and oxygen atoms in total. The minimum absolute atomic E-state index is 0.900. The summed E-state index contributed by atoms with van der Waals surface area (Å²) in [6.07, 6.45) is 20.8. The molecular weight excluding hydrogens is 290 g/mol. The van der Waals surface area contributed by atoms with Gasteiger partial charge in [-0.1, -0.05) is 87.6 Å². The highest BCUT2D eigenvalue weighted by Gasteiger charge is 2.20. The third kappa shape index (κ3) is 4.23. The Hall–Kier alpha value is -3.06. The monoisotopic (exact) mass is 315 g/mol. The normalized spacial score (nSPS) is 18.9. The lowest BCUT2D eigenvalue weighted by Gasteiger charge is -2.13. The Labute approximate surface area is 146 Å². The van der Waals surface area contributed by atoms with E-state index in [9.17, 15) is 0 Å². The fraction of sp³-hybridized carbons (Fsp3) is 0.0435. The molecule has 1 aliphatic rings. The third-order valence-corrected chi connectivity index (χ3v) is 3.50. The highest BCUT2D eigenvalue weighted by atomic mass is 14.9. The molecular formula is C23H25N. The van der Waals surface area contributed by atoms with Crippen molar-refractivity contribution in [3.63, 3.8) is 0 Å². The summed E-state index contributed by atoms with van der Waals surface area (Å²) in [4.78, 5) is 0. The Morgan fingerprint density at radius 2 is 1.21 bits per heavy atom. The summed E-state index contributed by atoms with van der Waals surface area (Å²) in [6.45, 7) is 21.3. The van der Waals surface area contributed by atoms with Crippen LogP contribution in [0.3, 0.4) is 0 Å². The SMILES string of the molecule is C=C/C=C\C1=C(C=C)NC(C=C)=C(/C=C\C=C)C(=C/C=C)/C1=C\C. The third-order valence-electron chi connectivity index (χ3n) is 3.50. The molecule has 0 aromatic rings. The highest BCUT2D eigenvalue weighted by Crippen LogP contribution is 2.34. The van der Waals surface area contributed by atoms with Gasteiger partial charge in [0, 0.05) is 22.5 Å². The lowest BCUT2D eigenvalue weighted by atomic mass is 9.90. The van der Waals surface area contributed by atoms with Crippen LogP contribution in [0, 0.1) is 0 Å². The molecule has 0 aromatic carbocycles. The fourth-order valence-corrected chi connectivity index (χ4v) is 2.48. The molecule has 0 amide bonds. The first kappa shape index (κ1) is 19.0. The quantitative estimate of drug-likeness (QED) is 0.567. The van der Waals surface area contributed by atoms with Gasteiger partial charge >= 0.3 is 0 Å². The zero-order valence-electron chi connectivity index (χ0n) is 14.4. The van der Waals surface area contributed by atoms with Gasteiger partial charge in [0.05, 0.1) is 0 Å². The zero-order chi connectivity index (χ0) is 17.9. The van der Waals surface area contributed by atoms with Crippen molar-refractivity contribution in [2.75, 3.05) is 0 Å². The molecule has 1 heteroatoms. The van der Waals surface area contributed by atoms with E-state index in [1.54, 1.807) is 30.4 Å². The molecule has 0 fully saturated rings. The molecule has 0 aliphatic carbocycles. The van der Waals surface area contributed by atoms with Crippen LogP contribution in [0.2, 0.25) is 0 Å². The second-order valence-corrected chi connectivity index (χ2v) is 4.90. The van der Waals surface area contributed by atoms with E-state index in [-0.39, 0.29) is 0 Å². The van der Waals surface area contributed by atoms with E-state index in [0.717, 1.165) is 33.7 Å². The van der Waals surface area contributed by atoms with E-state index in [1.807, 2.05) is 37.3 Å². The van der Waals surface area contributed by atoms with Crippen molar-refractivity contribution in [2.24, 2.45) is 0 Å². The number of allylic oxidation sites excluding steroid dienone is 15.